The average molecular weight is 1590 g/mol. The lowest BCUT2D eigenvalue weighted by Crippen LogP contribution is -2.62. The van der Waals surface area contributed by atoms with Crippen molar-refractivity contribution in [2.45, 2.75) is 176 Å². The fraction of sp³-hybridized carbons (Fsp3) is 0.231. The lowest BCUT2D eigenvalue weighted by Gasteiger charge is -2.45. The first-order valence-corrected chi connectivity index (χ1v) is 44.8. The predicted molar refractivity (Wildman–Crippen MR) is 526 cm³/mol. The summed E-state index contributed by atoms with van der Waals surface area (Å²) in [6, 6.07) is 127. The summed E-state index contributed by atoms with van der Waals surface area (Å²) in [7, 11) is 0. The van der Waals surface area contributed by atoms with E-state index in [1.165, 1.54) is 225 Å². The van der Waals surface area contributed by atoms with Gasteiger partial charge in [-0.15, -0.1) is 0 Å². The van der Waals surface area contributed by atoms with Crippen LogP contribution in [0.25, 0.3) is 110 Å². The van der Waals surface area contributed by atoms with Crippen LogP contribution in [0.3, 0.4) is 0 Å². The molecule has 17 aromatic rings. The van der Waals surface area contributed by atoms with Crippen molar-refractivity contribution in [1.82, 2.24) is 9.13 Å². The first-order valence-electron chi connectivity index (χ1n) is 44.8. The summed E-state index contributed by atoms with van der Waals surface area (Å²) in [5, 5.41) is 5.25. The topological polar surface area (TPSA) is 16.3 Å². The number of hydrogen-bond acceptors (Lipinski definition) is 2. The fourth-order valence-corrected chi connectivity index (χ4v) is 19.8. The van der Waals surface area contributed by atoms with Crippen LogP contribution in [0.2, 0.25) is 0 Å². The molecule has 0 spiro atoms. The maximum absolute atomic E-state index is 2.82. The van der Waals surface area contributed by atoms with Gasteiger partial charge >= 0.3 is 0 Å². The van der Waals surface area contributed by atoms with Crippen molar-refractivity contribution in [3.8, 4) is 66.8 Å². The Labute approximate surface area is 724 Å². The monoisotopic (exact) mass is 1580 g/mol. The van der Waals surface area contributed by atoms with Crippen LogP contribution in [-0.2, 0) is 54.3 Å². The minimum Gasteiger partial charge on any atom is -0.338 e. The highest BCUT2D eigenvalue weighted by Crippen LogP contribution is 2.49. The molecule has 0 bridgehead atoms. The Balaban J connectivity index is 0.897. The molecule has 0 unspecified atom stereocenters. The number of aryl methyl sites for hydroxylation is 1. The average Bonchev–Trinajstić information content (AvgIpc) is 0.857. The normalized spacial score (nSPS) is 12.9. The van der Waals surface area contributed by atoms with Crippen molar-refractivity contribution < 1.29 is 0 Å². The van der Waals surface area contributed by atoms with E-state index in [1.807, 2.05) is 0 Å². The molecule has 15 aromatic carbocycles. The van der Waals surface area contributed by atoms with E-state index in [4.69, 9.17) is 0 Å². The molecule has 0 fully saturated rings. The summed E-state index contributed by atoms with van der Waals surface area (Å²) in [6.07, 6.45) is 6.87. The number of hydrogen-bond donors (Lipinski definition) is 0. The molecule has 604 valence electrons. The molecule has 0 N–H and O–H groups in total. The van der Waals surface area contributed by atoms with Gasteiger partial charge in [-0.25, -0.2) is 0 Å². The molecule has 122 heavy (non-hydrogen) atoms. The molecule has 5 heteroatoms. The van der Waals surface area contributed by atoms with Crippen LogP contribution >= 0.6 is 0 Å². The Morgan fingerprint density at radius 2 is 0.533 bits per heavy atom. The maximum atomic E-state index is 2.82. The van der Waals surface area contributed by atoms with Crippen molar-refractivity contribution in [2.75, 3.05) is 9.80 Å². The SMILES string of the molecule is CCCCCCCc1cc2c3c(c1)N(Cc1c(-c4ccccc4)cc(-c4ccccc4)cc1-c1ccccc1)c1cc(Cn4c5ccc(C(C)(C)C)cc5c5cc(C(C)(C)C)ccc54)ccc1B3c1ccc(Cn3c4ccc(C(C)(C)C)cc4c4cc(C(C)(C)C)ccc43)cc1N2Cc1c(-c2ccccc2)cc(-c2ccccc2)cc1-c1ccccc1. The summed E-state index contributed by atoms with van der Waals surface area (Å²) in [6.45, 7) is 32.9. The van der Waals surface area contributed by atoms with Crippen molar-refractivity contribution in [2.24, 2.45) is 0 Å². The van der Waals surface area contributed by atoms with Crippen LogP contribution < -0.4 is 26.2 Å². The van der Waals surface area contributed by atoms with Crippen LogP contribution in [0.4, 0.5) is 22.7 Å². The number of anilines is 4. The highest BCUT2D eigenvalue weighted by Gasteiger charge is 2.44. The lowest BCUT2D eigenvalue weighted by molar-refractivity contribution is 0.590. The number of benzene rings is 15. The molecular formula is C117H113BN4. The molecule has 0 radical (unpaired) electrons. The van der Waals surface area contributed by atoms with Crippen LogP contribution in [-0.4, -0.2) is 15.8 Å². The van der Waals surface area contributed by atoms with Gasteiger partial charge in [0, 0.05) is 92.5 Å². The van der Waals surface area contributed by atoms with Gasteiger partial charge in [0.05, 0.1) is 0 Å². The van der Waals surface area contributed by atoms with E-state index in [1.54, 1.807) is 0 Å². The zero-order valence-corrected chi connectivity index (χ0v) is 73.6. The second-order valence-corrected chi connectivity index (χ2v) is 39.0. The first-order chi connectivity index (χ1) is 59.0. The number of rotatable bonds is 20. The summed E-state index contributed by atoms with van der Waals surface area (Å²) in [4.78, 5) is 5.63. The third kappa shape index (κ3) is 15.1. The summed E-state index contributed by atoms with van der Waals surface area (Å²) >= 11 is 0. The van der Waals surface area contributed by atoms with Gasteiger partial charge in [0.25, 0.3) is 6.71 Å². The van der Waals surface area contributed by atoms with Crippen LogP contribution in [0.15, 0.2) is 328 Å². The molecule has 4 heterocycles. The Morgan fingerprint density at radius 3 is 0.828 bits per heavy atom. The van der Waals surface area contributed by atoms with Crippen LogP contribution in [0.1, 0.15) is 172 Å². The van der Waals surface area contributed by atoms with Crippen molar-refractivity contribution in [1.29, 1.82) is 0 Å². The first kappa shape index (κ1) is 79.4. The third-order valence-electron chi connectivity index (χ3n) is 26.6. The van der Waals surface area contributed by atoms with Crippen LogP contribution in [0.5, 0.6) is 0 Å². The second kappa shape index (κ2) is 31.9. The van der Waals surface area contributed by atoms with Gasteiger partial charge < -0.3 is 18.9 Å². The standard InChI is InChI=1S/C117H113BN4/c1-14-15-16-17-24-37-78-62-111-113-112(63-78)122(77-102-95(85-46-33-22-34-47-85)68-88(82-40-27-19-28-41-82)69-96(102)86-48-35-23-36-49-86)110-65-80(75-120-107-60-54-91(116(8,9)10)72-99(107)100-73-92(117(11,12)13)55-61-108(100)120)51-57-104(110)118(113)103-56-50-79(74-119-105-58-52-89(114(2,3)4)70-97(105)98-71-90(115(5,6)7)53-59-106(98)119)64-109(103)121(111)76-101-93(83-42-29-20-30-43-83)66-87(81-38-25-18-26-39-81)67-94(101)84-44-31-21-32-45-84/h18-23,25-36,38-73H,14-17,24,37,74-77H2,1-13H3. The van der Waals surface area contributed by atoms with E-state index in [-0.39, 0.29) is 28.4 Å². The molecule has 0 amide bonds. The number of unbranched alkanes of at least 4 members (excludes halogenated alkanes) is 4. The van der Waals surface area contributed by atoms with Gasteiger partial charge in [-0.1, -0.05) is 346 Å². The smallest absolute Gasteiger partial charge is 0.252 e. The molecule has 2 aromatic heterocycles. The largest absolute Gasteiger partial charge is 0.338 e. The molecule has 0 saturated heterocycles. The number of aromatic nitrogens is 2. The number of fused-ring (bicyclic) bond motifs is 10. The van der Waals surface area contributed by atoms with Crippen molar-refractivity contribution in [3.63, 3.8) is 0 Å². The summed E-state index contributed by atoms with van der Waals surface area (Å²) < 4.78 is 5.26. The Bertz CT molecular complexity index is 6120. The lowest BCUT2D eigenvalue weighted by atomic mass is 9.33. The van der Waals surface area contributed by atoms with Gasteiger partial charge in [0.2, 0.25) is 0 Å². The molecule has 19 rings (SSSR count). The Morgan fingerprint density at radius 1 is 0.246 bits per heavy atom. The molecule has 0 aliphatic carbocycles. The summed E-state index contributed by atoms with van der Waals surface area (Å²) in [5.74, 6) is 0. The molecule has 0 atom stereocenters. The van der Waals surface area contributed by atoms with Gasteiger partial charge in [0.15, 0.2) is 0 Å². The van der Waals surface area contributed by atoms with E-state index in [9.17, 15) is 0 Å². The van der Waals surface area contributed by atoms with E-state index < -0.39 is 0 Å². The maximum Gasteiger partial charge on any atom is 0.252 e. The highest BCUT2D eigenvalue weighted by molar-refractivity contribution is 7.00. The van der Waals surface area contributed by atoms with Gasteiger partial charge in [-0.2, -0.15) is 0 Å². The Kier molecular flexibility index (Phi) is 20.7. The molecule has 2 aliphatic rings. The number of nitrogens with zero attached hydrogens (tertiary/aromatic N) is 4. The van der Waals surface area contributed by atoms with Crippen molar-refractivity contribution >= 4 is 89.5 Å². The second-order valence-electron chi connectivity index (χ2n) is 39.0. The molecule has 2 aliphatic heterocycles. The minimum atomic E-state index is -0.149. The van der Waals surface area contributed by atoms with Gasteiger partial charge in [-0.3, -0.25) is 0 Å². The van der Waals surface area contributed by atoms with Crippen LogP contribution in [0, 0.1) is 0 Å². The van der Waals surface area contributed by atoms with Gasteiger partial charge in [-0.05, 0) is 265 Å². The highest BCUT2D eigenvalue weighted by atomic mass is 15.2. The van der Waals surface area contributed by atoms with E-state index in [0.29, 0.717) is 26.2 Å². The third-order valence-corrected chi connectivity index (χ3v) is 26.6. The quantitative estimate of drug-likeness (QED) is 0.0559. The zero-order valence-electron chi connectivity index (χ0n) is 73.6. The fourth-order valence-electron chi connectivity index (χ4n) is 19.8. The predicted octanol–water partition coefficient (Wildman–Crippen LogP) is 29.5. The van der Waals surface area contributed by atoms with Gasteiger partial charge in [0.1, 0.15) is 0 Å². The molecule has 0 saturated carbocycles. The zero-order chi connectivity index (χ0) is 83.9. The van der Waals surface area contributed by atoms with E-state index >= 15 is 0 Å². The minimum absolute atomic E-state index is 0.0273. The Hall–Kier alpha value is -12.4. The molecular weight excluding hydrogens is 1470 g/mol. The van der Waals surface area contributed by atoms with Crippen molar-refractivity contribution in [3.05, 3.63) is 378 Å². The van der Waals surface area contributed by atoms with E-state index in [2.05, 4.69) is 437 Å². The summed E-state index contributed by atoms with van der Waals surface area (Å²) in [5.41, 5.74) is 40.3. The molecule has 4 nitrogen and oxygen atoms in total. The van der Waals surface area contributed by atoms with E-state index in [0.717, 1.165) is 12.8 Å².